The number of benzene rings is 1. The summed E-state index contributed by atoms with van der Waals surface area (Å²) in [6.45, 7) is 2.37. The van der Waals surface area contributed by atoms with Gasteiger partial charge in [0, 0.05) is 11.9 Å². The van der Waals surface area contributed by atoms with Crippen molar-refractivity contribution in [2.24, 2.45) is 7.05 Å². The number of rotatable bonds is 9. The van der Waals surface area contributed by atoms with E-state index in [2.05, 4.69) is 15.5 Å². The molecule has 1 amide bonds. The molecule has 1 N–H and O–H groups in total. The number of thiophene rings is 1. The second-order valence-corrected chi connectivity index (χ2v) is 9.58. The fourth-order valence-electron chi connectivity index (χ4n) is 3.63. The number of nitrogens with one attached hydrogen (secondary N) is 1. The number of para-hydroxylation sites is 1. The predicted molar refractivity (Wildman–Crippen MR) is 128 cm³/mol. The molecule has 0 aliphatic heterocycles. The highest BCUT2D eigenvalue weighted by Crippen LogP contribution is 2.38. The number of aromatic nitrogens is 3. The van der Waals surface area contributed by atoms with Crippen molar-refractivity contribution in [2.75, 3.05) is 17.7 Å². The summed E-state index contributed by atoms with van der Waals surface area (Å²) in [6, 6.07) is 9.50. The number of nitrogens with zero attached hydrogens (tertiary/aromatic N) is 3. The van der Waals surface area contributed by atoms with Gasteiger partial charge in [-0.25, -0.2) is 4.79 Å². The number of carbonyl (C=O) groups excluding carboxylic acids is 2. The largest absolute Gasteiger partial charge is 0.486 e. The lowest BCUT2D eigenvalue weighted by molar-refractivity contribution is -0.113. The van der Waals surface area contributed by atoms with Crippen molar-refractivity contribution in [1.82, 2.24) is 14.8 Å². The van der Waals surface area contributed by atoms with Crippen LogP contribution >= 0.6 is 23.1 Å². The molecule has 3 aromatic rings. The van der Waals surface area contributed by atoms with Gasteiger partial charge in [-0.3, -0.25) is 4.79 Å². The Kier molecular flexibility index (Phi) is 7.66. The Labute approximate surface area is 200 Å². The van der Waals surface area contributed by atoms with Crippen molar-refractivity contribution in [3.8, 4) is 5.75 Å². The molecule has 10 heteroatoms. The maximum Gasteiger partial charge on any atom is 0.341 e. The van der Waals surface area contributed by atoms with E-state index in [4.69, 9.17) is 9.47 Å². The Bertz CT molecular complexity index is 1130. The molecule has 2 aromatic heterocycles. The third-order valence-corrected chi connectivity index (χ3v) is 7.50. The van der Waals surface area contributed by atoms with Gasteiger partial charge in [0.05, 0.1) is 17.9 Å². The Morgan fingerprint density at radius 1 is 1.18 bits per heavy atom. The van der Waals surface area contributed by atoms with Crippen LogP contribution in [0.25, 0.3) is 0 Å². The number of amides is 1. The number of thioether (sulfide) groups is 1. The number of aryl methyl sites for hydroxylation is 1. The van der Waals surface area contributed by atoms with Crippen molar-refractivity contribution < 1.29 is 19.1 Å². The zero-order valence-corrected chi connectivity index (χ0v) is 20.3. The smallest absolute Gasteiger partial charge is 0.341 e. The van der Waals surface area contributed by atoms with E-state index in [0.29, 0.717) is 28.2 Å². The lowest BCUT2D eigenvalue weighted by Crippen LogP contribution is -2.17. The molecule has 4 rings (SSSR count). The maximum absolute atomic E-state index is 12.7. The summed E-state index contributed by atoms with van der Waals surface area (Å²) in [5.74, 6) is 1.00. The quantitative estimate of drug-likeness (QED) is 0.357. The van der Waals surface area contributed by atoms with Crippen LogP contribution in [-0.4, -0.2) is 39.0 Å². The number of carbonyl (C=O) groups is 2. The van der Waals surface area contributed by atoms with Gasteiger partial charge in [0.15, 0.2) is 11.0 Å². The first kappa shape index (κ1) is 23.3. The first-order valence-electron chi connectivity index (χ1n) is 10.9. The van der Waals surface area contributed by atoms with E-state index in [1.807, 2.05) is 41.9 Å². The molecule has 0 bridgehead atoms. The van der Waals surface area contributed by atoms with Crippen LogP contribution in [0.2, 0.25) is 0 Å². The minimum Gasteiger partial charge on any atom is -0.486 e. The van der Waals surface area contributed by atoms with Gasteiger partial charge in [-0.1, -0.05) is 30.0 Å². The average Bonchev–Trinajstić information content (AvgIpc) is 3.36. The molecule has 1 aromatic carbocycles. The highest BCUT2D eigenvalue weighted by Gasteiger charge is 2.27. The van der Waals surface area contributed by atoms with E-state index in [0.717, 1.165) is 37.0 Å². The molecule has 8 nitrogen and oxygen atoms in total. The van der Waals surface area contributed by atoms with Crippen LogP contribution in [0.1, 0.15) is 46.4 Å². The van der Waals surface area contributed by atoms with Crippen molar-refractivity contribution in [3.63, 3.8) is 0 Å². The third kappa shape index (κ3) is 5.56. The number of hydrogen-bond acceptors (Lipinski definition) is 8. The first-order valence-corrected chi connectivity index (χ1v) is 12.7. The van der Waals surface area contributed by atoms with Crippen molar-refractivity contribution in [2.45, 2.75) is 44.4 Å². The Balaban J connectivity index is 1.38. The van der Waals surface area contributed by atoms with Crippen molar-refractivity contribution >= 4 is 40.0 Å². The van der Waals surface area contributed by atoms with Crippen LogP contribution in [0.3, 0.4) is 0 Å². The van der Waals surface area contributed by atoms with Crippen LogP contribution in [-0.2, 0) is 36.0 Å². The van der Waals surface area contributed by atoms with Crippen LogP contribution < -0.4 is 10.1 Å². The van der Waals surface area contributed by atoms with Crippen molar-refractivity contribution in [1.29, 1.82) is 0 Å². The summed E-state index contributed by atoms with van der Waals surface area (Å²) < 4.78 is 12.8. The second kappa shape index (κ2) is 10.8. The Morgan fingerprint density at radius 2 is 1.97 bits per heavy atom. The molecule has 1 aliphatic rings. The summed E-state index contributed by atoms with van der Waals surface area (Å²) in [4.78, 5) is 26.4. The SMILES string of the molecule is CCOC(=O)c1c(NC(=O)CSc2nnc(COc3ccccc3)n2C)sc2c1CCCC2. The second-order valence-electron chi connectivity index (χ2n) is 7.53. The fourth-order valence-corrected chi connectivity index (χ4v) is 5.65. The monoisotopic (exact) mass is 486 g/mol. The van der Waals surface area contributed by atoms with Gasteiger partial charge in [-0.15, -0.1) is 21.5 Å². The molecule has 2 heterocycles. The summed E-state index contributed by atoms with van der Waals surface area (Å²) in [6.07, 6.45) is 3.92. The van der Waals surface area contributed by atoms with E-state index in [1.165, 1.54) is 28.0 Å². The molecule has 174 valence electrons. The molecule has 0 saturated heterocycles. The maximum atomic E-state index is 12.7. The third-order valence-electron chi connectivity index (χ3n) is 5.27. The molecule has 0 unspecified atom stereocenters. The highest BCUT2D eigenvalue weighted by atomic mass is 32.2. The minimum atomic E-state index is -0.365. The highest BCUT2D eigenvalue weighted by molar-refractivity contribution is 7.99. The summed E-state index contributed by atoms with van der Waals surface area (Å²) in [5.41, 5.74) is 1.55. The molecule has 1 aliphatic carbocycles. The van der Waals surface area contributed by atoms with Gasteiger partial charge >= 0.3 is 5.97 Å². The van der Waals surface area contributed by atoms with Gasteiger partial charge < -0.3 is 19.4 Å². The van der Waals surface area contributed by atoms with E-state index < -0.39 is 0 Å². The molecular weight excluding hydrogens is 460 g/mol. The summed E-state index contributed by atoms with van der Waals surface area (Å²) >= 11 is 2.77. The van der Waals surface area contributed by atoms with Gasteiger partial charge in [0.2, 0.25) is 5.91 Å². The van der Waals surface area contributed by atoms with Gasteiger partial charge in [-0.05, 0) is 50.3 Å². The van der Waals surface area contributed by atoms with Gasteiger partial charge in [0.25, 0.3) is 0 Å². The molecule has 0 radical (unpaired) electrons. The first-order chi connectivity index (χ1) is 16.1. The van der Waals surface area contributed by atoms with Crippen LogP contribution in [0, 0.1) is 0 Å². The van der Waals surface area contributed by atoms with Crippen LogP contribution in [0.4, 0.5) is 5.00 Å². The summed E-state index contributed by atoms with van der Waals surface area (Å²) in [5, 5.41) is 12.5. The van der Waals surface area contributed by atoms with Gasteiger partial charge in [-0.2, -0.15) is 0 Å². The van der Waals surface area contributed by atoms with Crippen LogP contribution in [0.15, 0.2) is 35.5 Å². The molecule has 0 fully saturated rings. The predicted octanol–water partition coefficient (Wildman–Crippen LogP) is 4.24. The standard InChI is InChI=1S/C23H26N4O4S2/c1-3-30-22(29)20-16-11-7-8-12-17(16)33-21(20)24-19(28)14-32-23-26-25-18(27(23)2)13-31-15-9-5-4-6-10-15/h4-6,9-10H,3,7-8,11-14H2,1-2H3,(H,24,28). The topological polar surface area (TPSA) is 95.3 Å². The van der Waals surface area contributed by atoms with E-state index in [-0.39, 0.29) is 24.2 Å². The molecule has 0 atom stereocenters. The number of fused-ring (bicyclic) bond motifs is 1. The van der Waals surface area contributed by atoms with E-state index in [9.17, 15) is 9.59 Å². The lowest BCUT2D eigenvalue weighted by Gasteiger charge is -2.12. The molecule has 0 spiro atoms. The van der Waals surface area contributed by atoms with E-state index in [1.54, 1.807) is 6.92 Å². The lowest BCUT2D eigenvalue weighted by atomic mass is 9.95. The van der Waals surface area contributed by atoms with Gasteiger partial charge in [0.1, 0.15) is 17.4 Å². The number of anilines is 1. The molecular formula is C23H26N4O4S2. The normalized spacial score (nSPS) is 12.8. The number of hydrogen-bond donors (Lipinski definition) is 1. The summed E-state index contributed by atoms with van der Waals surface area (Å²) in [7, 11) is 1.84. The van der Waals surface area contributed by atoms with Crippen molar-refractivity contribution in [3.05, 3.63) is 52.2 Å². The zero-order valence-electron chi connectivity index (χ0n) is 18.6. The fraction of sp³-hybridized carbons (Fsp3) is 0.391. The molecule has 33 heavy (non-hydrogen) atoms. The zero-order chi connectivity index (χ0) is 23.2. The van der Waals surface area contributed by atoms with Crippen LogP contribution in [0.5, 0.6) is 5.75 Å². The van der Waals surface area contributed by atoms with E-state index >= 15 is 0 Å². The minimum absolute atomic E-state index is 0.149. The Hall–Kier alpha value is -2.85. The molecule has 0 saturated carbocycles. The average molecular weight is 487 g/mol. The number of esters is 1. The number of ether oxygens (including phenoxy) is 2. The Morgan fingerprint density at radius 3 is 2.76 bits per heavy atom.